The third-order valence-electron chi connectivity index (χ3n) is 3.01. The molecule has 1 aromatic rings. The topological polar surface area (TPSA) is 35.5 Å². The summed E-state index contributed by atoms with van der Waals surface area (Å²) < 4.78 is 10.3. The maximum atomic E-state index is 10.1. The molecule has 0 atom stereocenters. The van der Waals surface area contributed by atoms with Gasteiger partial charge < -0.3 is 9.47 Å². The molecule has 0 aromatic heterocycles. The van der Waals surface area contributed by atoms with Gasteiger partial charge in [0, 0.05) is 0 Å². The first-order valence-corrected chi connectivity index (χ1v) is 7.13. The van der Waals surface area contributed by atoms with Gasteiger partial charge >= 0.3 is 0 Å². The highest BCUT2D eigenvalue weighted by molar-refractivity contribution is 5.37. The van der Waals surface area contributed by atoms with E-state index in [-0.39, 0.29) is 0 Å². The Morgan fingerprint density at radius 2 is 1.68 bits per heavy atom. The average Bonchev–Trinajstić information content (AvgIpc) is 2.45. The smallest absolute Gasteiger partial charge is 0.293 e. The molecule has 19 heavy (non-hydrogen) atoms. The number of carbonyl (C=O) groups excluding carboxylic acids is 1. The van der Waals surface area contributed by atoms with Gasteiger partial charge in [-0.25, -0.2) is 0 Å². The van der Waals surface area contributed by atoms with E-state index in [0.29, 0.717) is 13.1 Å². The molecule has 106 valence electrons. The van der Waals surface area contributed by atoms with Gasteiger partial charge in [0.15, 0.2) is 0 Å². The summed E-state index contributed by atoms with van der Waals surface area (Å²) in [6.07, 6.45) is 7.62. The van der Waals surface area contributed by atoms with Gasteiger partial charge in [-0.3, -0.25) is 4.79 Å². The molecule has 0 aliphatic heterocycles. The van der Waals surface area contributed by atoms with Crippen LogP contribution in [0.1, 0.15) is 51.0 Å². The van der Waals surface area contributed by atoms with Crippen LogP contribution in [0.25, 0.3) is 0 Å². The molecule has 0 radical (unpaired) electrons. The van der Waals surface area contributed by atoms with E-state index in [0.717, 1.165) is 24.3 Å². The Labute approximate surface area is 115 Å². The van der Waals surface area contributed by atoms with Crippen LogP contribution < -0.4 is 4.74 Å². The fourth-order valence-corrected chi connectivity index (χ4v) is 1.88. The quantitative estimate of drug-likeness (QED) is 0.446. The van der Waals surface area contributed by atoms with Crippen LogP contribution >= 0.6 is 0 Å². The van der Waals surface area contributed by atoms with Gasteiger partial charge in [0.1, 0.15) is 12.4 Å². The molecule has 0 N–H and O–H groups in total. The van der Waals surface area contributed by atoms with E-state index in [1.54, 1.807) is 0 Å². The number of hydrogen-bond acceptors (Lipinski definition) is 3. The highest BCUT2D eigenvalue weighted by Gasteiger charge is 1.96. The maximum Gasteiger partial charge on any atom is 0.293 e. The lowest BCUT2D eigenvalue weighted by Gasteiger charge is -2.07. The molecule has 3 nitrogen and oxygen atoms in total. The summed E-state index contributed by atoms with van der Waals surface area (Å²) in [4.78, 5) is 10.1. The van der Waals surface area contributed by atoms with E-state index in [1.807, 2.05) is 24.3 Å². The van der Waals surface area contributed by atoms with Crippen molar-refractivity contribution in [3.05, 3.63) is 29.8 Å². The van der Waals surface area contributed by atoms with Crippen molar-refractivity contribution in [3.63, 3.8) is 0 Å². The predicted octanol–water partition coefficient (Wildman–Crippen LogP) is 4.10. The van der Waals surface area contributed by atoms with E-state index >= 15 is 0 Å². The second kappa shape index (κ2) is 10.4. The molecule has 0 spiro atoms. The Morgan fingerprint density at radius 1 is 1.00 bits per heavy atom. The normalized spacial score (nSPS) is 10.2. The van der Waals surface area contributed by atoms with E-state index in [9.17, 15) is 4.79 Å². The lowest BCUT2D eigenvalue weighted by Crippen LogP contribution is -1.97. The van der Waals surface area contributed by atoms with Gasteiger partial charge in [-0.1, -0.05) is 51.2 Å². The van der Waals surface area contributed by atoms with Gasteiger partial charge in [-0.15, -0.1) is 0 Å². The molecule has 0 saturated carbocycles. The van der Waals surface area contributed by atoms with Crippen molar-refractivity contribution < 1.29 is 14.3 Å². The molecule has 3 heteroatoms. The molecular weight excluding hydrogens is 240 g/mol. The molecule has 1 rings (SSSR count). The third kappa shape index (κ3) is 7.50. The van der Waals surface area contributed by atoms with Crippen molar-refractivity contribution in [1.82, 2.24) is 0 Å². The fraction of sp³-hybridized carbons (Fsp3) is 0.562. The molecule has 0 aliphatic carbocycles. The first-order chi connectivity index (χ1) is 9.36. The van der Waals surface area contributed by atoms with E-state index < -0.39 is 0 Å². The monoisotopic (exact) mass is 264 g/mol. The number of ether oxygens (including phenoxy) is 2. The lowest BCUT2D eigenvalue weighted by atomic mass is 10.1. The summed E-state index contributed by atoms with van der Waals surface area (Å²) >= 11 is 0. The second-order valence-corrected chi connectivity index (χ2v) is 4.67. The largest absolute Gasteiger partial charge is 0.494 e. The summed E-state index contributed by atoms with van der Waals surface area (Å²) in [7, 11) is 0. The zero-order chi connectivity index (χ0) is 13.8. The summed E-state index contributed by atoms with van der Waals surface area (Å²) in [5.41, 5.74) is 0.971. The summed E-state index contributed by atoms with van der Waals surface area (Å²) in [5, 5.41) is 0. The van der Waals surface area contributed by atoms with Crippen molar-refractivity contribution in [3.8, 4) is 5.75 Å². The summed E-state index contributed by atoms with van der Waals surface area (Å²) in [6.45, 7) is 3.79. The lowest BCUT2D eigenvalue weighted by molar-refractivity contribution is -0.129. The van der Waals surface area contributed by atoms with E-state index in [2.05, 4.69) is 11.7 Å². The molecule has 0 unspecified atom stereocenters. The van der Waals surface area contributed by atoms with Crippen molar-refractivity contribution in [1.29, 1.82) is 0 Å². The Morgan fingerprint density at radius 3 is 2.37 bits per heavy atom. The van der Waals surface area contributed by atoms with E-state index in [1.165, 1.54) is 32.1 Å². The van der Waals surface area contributed by atoms with Crippen LogP contribution in [-0.4, -0.2) is 13.1 Å². The van der Waals surface area contributed by atoms with Crippen LogP contribution in [0.15, 0.2) is 24.3 Å². The number of rotatable bonds is 11. The van der Waals surface area contributed by atoms with Crippen LogP contribution in [0, 0.1) is 0 Å². The van der Waals surface area contributed by atoms with E-state index in [4.69, 9.17) is 4.74 Å². The molecule has 0 amide bonds. The highest BCUT2D eigenvalue weighted by Crippen LogP contribution is 2.13. The van der Waals surface area contributed by atoms with Crippen molar-refractivity contribution >= 4 is 6.47 Å². The summed E-state index contributed by atoms with van der Waals surface area (Å²) in [5.74, 6) is 0.878. The van der Waals surface area contributed by atoms with Crippen molar-refractivity contribution in [2.45, 2.75) is 52.1 Å². The average molecular weight is 264 g/mol. The second-order valence-electron chi connectivity index (χ2n) is 4.67. The first kappa shape index (κ1) is 15.5. The van der Waals surface area contributed by atoms with Crippen molar-refractivity contribution in [2.24, 2.45) is 0 Å². The van der Waals surface area contributed by atoms with Crippen LogP contribution in [-0.2, 0) is 16.1 Å². The predicted molar refractivity (Wildman–Crippen MR) is 76.2 cm³/mol. The van der Waals surface area contributed by atoms with Gasteiger partial charge in [-0.05, 0) is 24.1 Å². The standard InChI is InChI=1S/C16H24O3/c1-2-3-4-5-6-7-12-19-16-10-8-15(9-11-16)13-18-14-17/h8-11,14H,2-7,12-13H2,1H3. The highest BCUT2D eigenvalue weighted by atomic mass is 16.5. The van der Waals surface area contributed by atoms with Gasteiger partial charge in [0.25, 0.3) is 6.47 Å². The minimum absolute atomic E-state index is 0.321. The van der Waals surface area contributed by atoms with Crippen molar-refractivity contribution in [2.75, 3.05) is 6.61 Å². The Kier molecular flexibility index (Phi) is 8.52. The Bertz CT molecular complexity index is 332. The third-order valence-corrected chi connectivity index (χ3v) is 3.01. The van der Waals surface area contributed by atoms with Gasteiger partial charge in [0.2, 0.25) is 0 Å². The van der Waals surface area contributed by atoms with Crippen LogP contribution in [0.5, 0.6) is 5.75 Å². The van der Waals surface area contributed by atoms with Crippen LogP contribution in [0.2, 0.25) is 0 Å². The molecule has 0 bridgehead atoms. The Hall–Kier alpha value is -1.51. The van der Waals surface area contributed by atoms with Crippen LogP contribution in [0.4, 0.5) is 0 Å². The first-order valence-electron chi connectivity index (χ1n) is 7.13. The maximum absolute atomic E-state index is 10.1. The molecular formula is C16H24O3. The minimum Gasteiger partial charge on any atom is -0.494 e. The fourth-order valence-electron chi connectivity index (χ4n) is 1.88. The molecule has 1 aromatic carbocycles. The number of unbranched alkanes of at least 4 members (excludes halogenated alkanes) is 5. The number of benzene rings is 1. The van der Waals surface area contributed by atoms with Gasteiger partial charge in [0.05, 0.1) is 6.61 Å². The Balaban J connectivity index is 2.10. The molecule has 0 aliphatic rings. The molecule has 0 saturated heterocycles. The zero-order valence-corrected chi connectivity index (χ0v) is 11.8. The number of carbonyl (C=O) groups is 1. The minimum atomic E-state index is 0.321. The zero-order valence-electron chi connectivity index (χ0n) is 11.8. The molecule has 0 fully saturated rings. The van der Waals surface area contributed by atoms with Crippen LogP contribution in [0.3, 0.4) is 0 Å². The van der Waals surface area contributed by atoms with Gasteiger partial charge in [-0.2, -0.15) is 0 Å². The summed E-state index contributed by atoms with van der Waals surface area (Å²) in [6, 6.07) is 7.67. The SMILES string of the molecule is CCCCCCCCOc1ccc(COC=O)cc1. The molecule has 0 heterocycles. The number of hydrogen-bond donors (Lipinski definition) is 0.